The number of anilines is 1. The van der Waals surface area contributed by atoms with Crippen molar-refractivity contribution in [2.75, 3.05) is 37.3 Å². The van der Waals surface area contributed by atoms with Crippen molar-refractivity contribution in [2.24, 2.45) is 0 Å². The minimum atomic E-state index is 1.05. The first kappa shape index (κ1) is 14.4. The van der Waals surface area contributed by atoms with E-state index in [1.807, 2.05) is 12.3 Å². The van der Waals surface area contributed by atoms with Crippen molar-refractivity contribution in [1.29, 1.82) is 0 Å². The molecule has 4 heteroatoms. The van der Waals surface area contributed by atoms with Gasteiger partial charge in [-0.1, -0.05) is 18.2 Å². The van der Waals surface area contributed by atoms with Crippen molar-refractivity contribution in [3.05, 3.63) is 54.2 Å². The Morgan fingerprint density at radius 2 is 1.76 bits per heavy atom. The molecule has 1 aliphatic rings. The second kappa shape index (κ2) is 6.96. The number of thioether (sulfide) groups is 1. The summed E-state index contributed by atoms with van der Waals surface area (Å²) in [6, 6.07) is 15.0. The standard InChI is InChI=1S/C17H21N3S/c1-21-16-7-5-15(6-8-16)14-19-10-12-20(13-11-19)17-4-2-3-9-18-17/h2-9H,10-14H2,1H3. The van der Waals surface area contributed by atoms with Gasteiger partial charge in [0.05, 0.1) is 0 Å². The van der Waals surface area contributed by atoms with Gasteiger partial charge in [-0.2, -0.15) is 0 Å². The molecule has 3 nitrogen and oxygen atoms in total. The summed E-state index contributed by atoms with van der Waals surface area (Å²) in [4.78, 5) is 10.7. The number of hydrogen-bond donors (Lipinski definition) is 0. The van der Waals surface area contributed by atoms with Crippen LogP contribution in [0.15, 0.2) is 53.6 Å². The Hall–Kier alpha value is -1.52. The lowest BCUT2D eigenvalue weighted by Gasteiger charge is -2.35. The summed E-state index contributed by atoms with van der Waals surface area (Å²) in [5, 5.41) is 0. The number of pyridine rings is 1. The zero-order valence-electron chi connectivity index (χ0n) is 12.4. The zero-order chi connectivity index (χ0) is 14.5. The number of rotatable bonds is 4. The third kappa shape index (κ3) is 3.77. The van der Waals surface area contributed by atoms with Crippen LogP contribution in [0.25, 0.3) is 0 Å². The highest BCUT2D eigenvalue weighted by Gasteiger charge is 2.17. The molecule has 2 heterocycles. The molecule has 21 heavy (non-hydrogen) atoms. The van der Waals surface area contributed by atoms with E-state index in [0.717, 1.165) is 38.5 Å². The Labute approximate surface area is 131 Å². The van der Waals surface area contributed by atoms with E-state index < -0.39 is 0 Å². The fourth-order valence-corrected chi connectivity index (χ4v) is 3.07. The molecular formula is C17H21N3S. The van der Waals surface area contributed by atoms with Crippen molar-refractivity contribution >= 4 is 17.6 Å². The van der Waals surface area contributed by atoms with Crippen LogP contribution < -0.4 is 4.90 Å². The first-order chi connectivity index (χ1) is 10.3. The van der Waals surface area contributed by atoms with Crippen LogP contribution in [0.2, 0.25) is 0 Å². The van der Waals surface area contributed by atoms with E-state index in [2.05, 4.69) is 57.4 Å². The van der Waals surface area contributed by atoms with Gasteiger partial charge in [-0.05, 0) is 36.1 Å². The molecule has 3 rings (SSSR count). The van der Waals surface area contributed by atoms with Gasteiger partial charge in [0, 0.05) is 43.8 Å². The van der Waals surface area contributed by atoms with Gasteiger partial charge < -0.3 is 4.90 Å². The maximum absolute atomic E-state index is 4.44. The molecule has 2 aromatic rings. The molecular weight excluding hydrogens is 278 g/mol. The minimum Gasteiger partial charge on any atom is -0.354 e. The minimum absolute atomic E-state index is 1.05. The van der Waals surface area contributed by atoms with Crippen LogP contribution in [0.1, 0.15) is 5.56 Å². The zero-order valence-corrected chi connectivity index (χ0v) is 13.2. The summed E-state index contributed by atoms with van der Waals surface area (Å²) in [6.45, 7) is 5.35. The lowest BCUT2D eigenvalue weighted by atomic mass is 10.2. The second-order valence-electron chi connectivity index (χ2n) is 5.30. The van der Waals surface area contributed by atoms with Crippen molar-refractivity contribution in [3.63, 3.8) is 0 Å². The van der Waals surface area contributed by atoms with Gasteiger partial charge in [-0.15, -0.1) is 11.8 Å². The smallest absolute Gasteiger partial charge is 0.128 e. The number of aromatic nitrogens is 1. The van der Waals surface area contributed by atoms with Gasteiger partial charge >= 0.3 is 0 Å². The van der Waals surface area contributed by atoms with Crippen LogP contribution in [-0.2, 0) is 6.54 Å². The summed E-state index contributed by atoms with van der Waals surface area (Å²) in [7, 11) is 0. The Balaban J connectivity index is 1.53. The molecule has 0 aliphatic carbocycles. The molecule has 0 amide bonds. The van der Waals surface area contributed by atoms with Gasteiger partial charge in [-0.3, -0.25) is 4.90 Å². The average molecular weight is 299 g/mol. The Morgan fingerprint density at radius 1 is 1.00 bits per heavy atom. The fourth-order valence-electron chi connectivity index (χ4n) is 2.67. The van der Waals surface area contributed by atoms with Crippen molar-refractivity contribution in [2.45, 2.75) is 11.4 Å². The number of piperazine rings is 1. The number of hydrogen-bond acceptors (Lipinski definition) is 4. The van der Waals surface area contributed by atoms with Gasteiger partial charge in [-0.25, -0.2) is 4.98 Å². The highest BCUT2D eigenvalue weighted by molar-refractivity contribution is 7.98. The second-order valence-corrected chi connectivity index (χ2v) is 6.18. The summed E-state index contributed by atoms with van der Waals surface area (Å²) in [6.07, 6.45) is 3.99. The lowest BCUT2D eigenvalue weighted by molar-refractivity contribution is 0.249. The van der Waals surface area contributed by atoms with Gasteiger partial charge in [0.15, 0.2) is 0 Å². The van der Waals surface area contributed by atoms with Gasteiger partial charge in [0.25, 0.3) is 0 Å². The van der Waals surface area contributed by atoms with Crippen LogP contribution in [-0.4, -0.2) is 42.3 Å². The maximum atomic E-state index is 4.44. The third-order valence-corrected chi connectivity index (χ3v) is 4.65. The number of nitrogens with zero attached hydrogens (tertiary/aromatic N) is 3. The third-order valence-electron chi connectivity index (χ3n) is 3.91. The van der Waals surface area contributed by atoms with Gasteiger partial charge in [0.2, 0.25) is 0 Å². The predicted molar refractivity (Wildman–Crippen MR) is 90.0 cm³/mol. The lowest BCUT2D eigenvalue weighted by Crippen LogP contribution is -2.46. The molecule has 0 radical (unpaired) electrons. The van der Waals surface area contributed by atoms with Crippen LogP contribution in [0.3, 0.4) is 0 Å². The normalized spacial score (nSPS) is 16.1. The maximum Gasteiger partial charge on any atom is 0.128 e. The molecule has 0 atom stereocenters. The average Bonchev–Trinajstić information content (AvgIpc) is 2.57. The van der Waals surface area contributed by atoms with E-state index in [9.17, 15) is 0 Å². The molecule has 0 saturated carbocycles. The molecule has 1 aromatic heterocycles. The Bertz CT molecular complexity index is 548. The van der Waals surface area contributed by atoms with E-state index in [4.69, 9.17) is 0 Å². The van der Waals surface area contributed by atoms with Crippen LogP contribution >= 0.6 is 11.8 Å². The van der Waals surface area contributed by atoms with Crippen molar-refractivity contribution in [3.8, 4) is 0 Å². The molecule has 0 N–H and O–H groups in total. The SMILES string of the molecule is CSc1ccc(CN2CCN(c3ccccn3)CC2)cc1. The van der Waals surface area contributed by atoms with E-state index in [1.165, 1.54) is 10.5 Å². The fraction of sp³-hybridized carbons (Fsp3) is 0.353. The molecule has 0 bridgehead atoms. The highest BCUT2D eigenvalue weighted by Crippen LogP contribution is 2.17. The van der Waals surface area contributed by atoms with E-state index >= 15 is 0 Å². The summed E-state index contributed by atoms with van der Waals surface area (Å²) >= 11 is 1.79. The van der Waals surface area contributed by atoms with E-state index in [0.29, 0.717) is 0 Å². The van der Waals surface area contributed by atoms with Gasteiger partial charge in [0.1, 0.15) is 5.82 Å². The molecule has 0 spiro atoms. The first-order valence-corrected chi connectivity index (χ1v) is 8.59. The van der Waals surface area contributed by atoms with E-state index in [-0.39, 0.29) is 0 Å². The molecule has 1 saturated heterocycles. The van der Waals surface area contributed by atoms with Crippen LogP contribution in [0.5, 0.6) is 0 Å². The van der Waals surface area contributed by atoms with E-state index in [1.54, 1.807) is 11.8 Å². The van der Waals surface area contributed by atoms with Crippen molar-refractivity contribution in [1.82, 2.24) is 9.88 Å². The first-order valence-electron chi connectivity index (χ1n) is 7.36. The summed E-state index contributed by atoms with van der Waals surface area (Å²) in [5.74, 6) is 1.10. The summed E-state index contributed by atoms with van der Waals surface area (Å²) < 4.78 is 0. The largest absolute Gasteiger partial charge is 0.354 e. The molecule has 1 aliphatic heterocycles. The molecule has 110 valence electrons. The summed E-state index contributed by atoms with van der Waals surface area (Å²) in [5.41, 5.74) is 1.40. The van der Waals surface area contributed by atoms with Crippen molar-refractivity contribution < 1.29 is 0 Å². The molecule has 0 unspecified atom stereocenters. The topological polar surface area (TPSA) is 19.4 Å². The monoisotopic (exact) mass is 299 g/mol. The predicted octanol–water partition coefficient (Wildman–Crippen LogP) is 3.13. The molecule has 1 aromatic carbocycles. The van der Waals surface area contributed by atoms with Crippen LogP contribution in [0, 0.1) is 0 Å². The Kier molecular flexibility index (Phi) is 4.78. The highest BCUT2D eigenvalue weighted by atomic mass is 32.2. The molecule has 1 fully saturated rings. The number of benzene rings is 1. The quantitative estimate of drug-likeness (QED) is 0.808. The van der Waals surface area contributed by atoms with Crippen LogP contribution in [0.4, 0.5) is 5.82 Å². The Morgan fingerprint density at radius 3 is 2.38 bits per heavy atom.